The van der Waals surface area contributed by atoms with Crippen molar-refractivity contribution < 1.29 is 18.9 Å². The minimum atomic E-state index is -0.634. The molecule has 0 fully saturated rings. The van der Waals surface area contributed by atoms with E-state index in [0.29, 0.717) is 10.6 Å². The van der Waals surface area contributed by atoms with E-state index < -0.39 is 10.9 Å². The number of ether oxygens (including phenoxy) is 1. The Morgan fingerprint density at radius 3 is 2.45 bits per heavy atom. The van der Waals surface area contributed by atoms with Gasteiger partial charge in [0.05, 0.1) is 10.5 Å². The molecule has 0 spiro atoms. The van der Waals surface area contributed by atoms with E-state index in [4.69, 9.17) is 32.4 Å². The van der Waals surface area contributed by atoms with Gasteiger partial charge in [0, 0.05) is 27.8 Å². The third-order valence-electron chi connectivity index (χ3n) is 4.04. The molecule has 0 radical (unpaired) electrons. The minimum absolute atomic E-state index is 0.0430. The van der Waals surface area contributed by atoms with Crippen LogP contribution in [-0.4, -0.2) is 16.8 Å². The first-order valence-electron chi connectivity index (χ1n) is 8.23. The summed E-state index contributed by atoms with van der Waals surface area (Å²) in [5.74, 6) is 0.0641. The van der Waals surface area contributed by atoms with Crippen LogP contribution in [0.4, 0.5) is 5.69 Å². The van der Waals surface area contributed by atoms with Crippen LogP contribution in [0.5, 0.6) is 0 Å². The van der Waals surface area contributed by atoms with Crippen LogP contribution in [0, 0.1) is 10.1 Å². The smallest absolute Gasteiger partial charge is 0.363 e. The molecule has 0 unspecified atom stereocenters. The number of furan rings is 1. The number of nitro groups is 1. The molecule has 9 heteroatoms. The number of rotatable bonds is 4. The van der Waals surface area contributed by atoms with Gasteiger partial charge in [-0.2, -0.15) is 0 Å². The van der Waals surface area contributed by atoms with Gasteiger partial charge in [0.25, 0.3) is 5.69 Å². The summed E-state index contributed by atoms with van der Waals surface area (Å²) < 4.78 is 10.8. The zero-order valence-corrected chi connectivity index (χ0v) is 16.0. The number of aliphatic imine (C=N–C) groups is 1. The molecule has 7 nitrogen and oxygen atoms in total. The minimum Gasteiger partial charge on any atom is -0.456 e. The molecule has 29 heavy (non-hydrogen) atoms. The highest BCUT2D eigenvalue weighted by Gasteiger charge is 2.25. The van der Waals surface area contributed by atoms with Gasteiger partial charge in [-0.05, 0) is 48.5 Å². The number of benzene rings is 2. The molecule has 3 aromatic rings. The van der Waals surface area contributed by atoms with Crippen LogP contribution < -0.4 is 0 Å². The standard InChI is InChI=1S/C20H10Cl2N2O5/c21-12-3-1-11(2-4-12)19-23-16(20(25)29-19)10-14-6-8-18(28-14)15-7-5-13(22)9-17(15)24(26)27/h1-10H/b16-10+. The Bertz CT molecular complexity index is 1200. The number of halogens is 2. The summed E-state index contributed by atoms with van der Waals surface area (Å²) in [5, 5.41) is 12.1. The molecule has 2 heterocycles. The number of nitrogens with zero attached hydrogens (tertiary/aromatic N) is 2. The number of esters is 1. The number of carbonyl (C=O) groups is 1. The zero-order chi connectivity index (χ0) is 20.5. The predicted molar refractivity (Wildman–Crippen MR) is 108 cm³/mol. The Kier molecular flexibility index (Phi) is 4.92. The van der Waals surface area contributed by atoms with Crippen molar-refractivity contribution in [1.82, 2.24) is 0 Å². The molecule has 1 aliphatic rings. The van der Waals surface area contributed by atoms with Gasteiger partial charge in [-0.1, -0.05) is 23.2 Å². The Hall–Kier alpha value is -3.42. The summed E-state index contributed by atoms with van der Waals surface area (Å²) in [6, 6.07) is 14.1. The molecular formula is C20H10Cl2N2O5. The summed E-state index contributed by atoms with van der Waals surface area (Å²) in [7, 11) is 0. The summed E-state index contributed by atoms with van der Waals surface area (Å²) in [6.45, 7) is 0. The summed E-state index contributed by atoms with van der Waals surface area (Å²) in [5.41, 5.74) is 0.724. The van der Waals surface area contributed by atoms with E-state index in [1.807, 2.05) is 0 Å². The average molecular weight is 429 g/mol. The maximum Gasteiger partial charge on any atom is 0.363 e. The molecule has 1 aliphatic heterocycles. The van der Waals surface area contributed by atoms with Crippen LogP contribution in [-0.2, 0) is 9.53 Å². The van der Waals surface area contributed by atoms with E-state index in [-0.39, 0.29) is 39.4 Å². The van der Waals surface area contributed by atoms with E-state index in [0.717, 1.165) is 0 Å². The van der Waals surface area contributed by atoms with Crippen molar-refractivity contribution in [3.63, 3.8) is 0 Å². The third kappa shape index (κ3) is 3.91. The lowest BCUT2D eigenvalue weighted by atomic mass is 10.1. The largest absolute Gasteiger partial charge is 0.456 e. The van der Waals surface area contributed by atoms with Crippen molar-refractivity contribution in [3.05, 3.63) is 91.8 Å². The number of cyclic esters (lactones) is 1. The summed E-state index contributed by atoms with van der Waals surface area (Å²) in [4.78, 5) is 27.0. The van der Waals surface area contributed by atoms with Gasteiger partial charge in [-0.15, -0.1) is 0 Å². The van der Waals surface area contributed by atoms with Crippen LogP contribution in [0.3, 0.4) is 0 Å². The van der Waals surface area contributed by atoms with Crippen molar-refractivity contribution in [2.24, 2.45) is 4.99 Å². The first-order valence-corrected chi connectivity index (χ1v) is 8.99. The SMILES string of the molecule is O=C1OC(c2ccc(Cl)cc2)=N/C1=C/c1ccc(-c2ccc(Cl)cc2[N+](=O)[O-])o1. The average Bonchev–Trinajstić information content (AvgIpc) is 3.29. The van der Waals surface area contributed by atoms with Gasteiger partial charge < -0.3 is 9.15 Å². The second kappa shape index (κ2) is 7.54. The van der Waals surface area contributed by atoms with E-state index in [1.165, 1.54) is 24.3 Å². The van der Waals surface area contributed by atoms with Gasteiger partial charge in [-0.25, -0.2) is 9.79 Å². The zero-order valence-electron chi connectivity index (χ0n) is 14.5. The van der Waals surface area contributed by atoms with Crippen molar-refractivity contribution in [2.75, 3.05) is 0 Å². The number of nitro benzene ring substituents is 1. The summed E-state index contributed by atoms with van der Waals surface area (Å²) >= 11 is 11.7. The monoisotopic (exact) mass is 428 g/mol. The Morgan fingerprint density at radius 2 is 1.72 bits per heavy atom. The second-order valence-corrected chi connectivity index (χ2v) is 6.84. The fraction of sp³-hybridized carbons (Fsp3) is 0. The van der Waals surface area contributed by atoms with Crippen LogP contribution in [0.15, 0.2) is 69.7 Å². The molecule has 0 atom stereocenters. The number of hydrogen-bond donors (Lipinski definition) is 0. The molecule has 0 saturated carbocycles. The molecule has 0 amide bonds. The van der Waals surface area contributed by atoms with Crippen LogP contribution in [0.25, 0.3) is 17.4 Å². The maximum absolute atomic E-state index is 12.1. The van der Waals surface area contributed by atoms with E-state index >= 15 is 0 Å². The normalized spacial score (nSPS) is 14.8. The molecule has 4 rings (SSSR count). The molecule has 2 aromatic carbocycles. The van der Waals surface area contributed by atoms with Crippen molar-refractivity contribution in [2.45, 2.75) is 0 Å². The lowest BCUT2D eigenvalue weighted by molar-refractivity contribution is -0.384. The highest BCUT2D eigenvalue weighted by atomic mass is 35.5. The molecule has 144 valence electrons. The van der Waals surface area contributed by atoms with E-state index in [2.05, 4.69) is 4.99 Å². The fourth-order valence-corrected chi connectivity index (χ4v) is 2.99. The Labute approximate surface area is 174 Å². The van der Waals surface area contributed by atoms with E-state index in [1.54, 1.807) is 36.4 Å². The Morgan fingerprint density at radius 1 is 1.00 bits per heavy atom. The molecule has 0 bridgehead atoms. The Balaban J connectivity index is 1.65. The maximum atomic E-state index is 12.1. The van der Waals surface area contributed by atoms with Gasteiger partial charge in [0.15, 0.2) is 5.70 Å². The molecule has 0 saturated heterocycles. The van der Waals surface area contributed by atoms with Gasteiger partial charge in [-0.3, -0.25) is 10.1 Å². The van der Waals surface area contributed by atoms with Crippen LogP contribution in [0.1, 0.15) is 11.3 Å². The van der Waals surface area contributed by atoms with Gasteiger partial charge >= 0.3 is 5.97 Å². The first kappa shape index (κ1) is 18.9. The van der Waals surface area contributed by atoms with E-state index in [9.17, 15) is 14.9 Å². The number of carbonyl (C=O) groups excluding carboxylic acids is 1. The lowest BCUT2D eigenvalue weighted by Gasteiger charge is -2.00. The fourth-order valence-electron chi connectivity index (χ4n) is 2.70. The first-order chi connectivity index (χ1) is 13.9. The van der Waals surface area contributed by atoms with Gasteiger partial charge in [0.2, 0.25) is 5.90 Å². The predicted octanol–water partition coefficient (Wildman–Crippen LogP) is 5.51. The van der Waals surface area contributed by atoms with Crippen molar-refractivity contribution in [1.29, 1.82) is 0 Å². The number of hydrogen-bond acceptors (Lipinski definition) is 6. The van der Waals surface area contributed by atoms with Crippen LogP contribution >= 0.6 is 23.2 Å². The lowest BCUT2D eigenvalue weighted by Crippen LogP contribution is -2.05. The molecule has 1 aromatic heterocycles. The van der Waals surface area contributed by atoms with Crippen molar-refractivity contribution in [3.8, 4) is 11.3 Å². The highest BCUT2D eigenvalue weighted by molar-refractivity contribution is 6.31. The van der Waals surface area contributed by atoms with Crippen molar-refractivity contribution >= 4 is 46.8 Å². The molecular weight excluding hydrogens is 419 g/mol. The van der Waals surface area contributed by atoms with Gasteiger partial charge in [0.1, 0.15) is 11.5 Å². The molecule has 0 aliphatic carbocycles. The topological polar surface area (TPSA) is 94.9 Å². The van der Waals surface area contributed by atoms with Crippen LogP contribution in [0.2, 0.25) is 10.0 Å². The second-order valence-electron chi connectivity index (χ2n) is 5.96. The third-order valence-corrected chi connectivity index (χ3v) is 4.53. The molecule has 0 N–H and O–H groups in total. The quantitative estimate of drug-likeness (QED) is 0.236. The highest BCUT2D eigenvalue weighted by Crippen LogP contribution is 2.34. The summed E-state index contributed by atoms with van der Waals surface area (Å²) in [6.07, 6.45) is 1.40.